The molecule has 9 rings (SSSR count). The van der Waals surface area contributed by atoms with Crippen LogP contribution in [0.4, 0.5) is 38.4 Å². The second-order valence-corrected chi connectivity index (χ2v) is 15.5. The number of fused-ring (bicyclic) bond motifs is 2. The minimum atomic E-state index is -0.315. The van der Waals surface area contributed by atoms with E-state index in [0.29, 0.717) is 108 Å². The highest BCUT2D eigenvalue weighted by Crippen LogP contribution is 2.28. The zero-order valence-electron chi connectivity index (χ0n) is 33.6. The van der Waals surface area contributed by atoms with Gasteiger partial charge < -0.3 is 56.1 Å². The van der Waals surface area contributed by atoms with E-state index in [9.17, 15) is 14.0 Å². The number of halogens is 2. The summed E-state index contributed by atoms with van der Waals surface area (Å²) in [6.07, 6.45) is 0.769. The van der Waals surface area contributed by atoms with Crippen LogP contribution in [0.3, 0.4) is 0 Å². The van der Waals surface area contributed by atoms with Gasteiger partial charge in [0.25, 0.3) is 5.91 Å². The quantitative estimate of drug-likeness (QED) is 0.105. The summed E-state index contributed by atoms with van der Waals surface area (Å²) < 4.78 is 19.3. The van der Waals surface area contributed by atoms with Crippen molar-refractivity contribution >= 4 is 87.3 Å². The first-order chi connectivity index (χ1) is 29.9. The van der Waals surface area contributed by atoms with E-state index in [1.807, 2.05) is 31.2 Å². The van der Waals surface area contributed by atoms with Gasteiger partial charge in [0.05, 0.1) is 0 Å². The monoisotopic (exact) mass is 879 g/mol. The Labute approximate surface area is 364 Å². The van der Waals surface area contributed by atoms with Gasteiger partial charge in [-0.05, 0) is 91.8 Å². The predicted octanol–water partition coefficient (Wildman–Crippen LogP) is 5.77. The molecule has 2 saturated heterocycles. The maximum atomic E-state index is 13.3. The fourth-order valence-electron chi connectivity index (χ4n) is 7.22. The molecule has 0 atom stereocenters. The first-order valence-corrected chi connectivity index (χ1v) is 20.6. The van der Waals surface area contributed by atoms with Crippen molar-refractivity contribution < 1.29 is 18.7 Å². The molecule has 3 aromatic carbocycles. The van der Waals surface area contributed by atoms with Gasteiger partial charge in [0.15, 0.2) is 34.3 Å². The third kappa shape index (κ3) is 9.76. The van der Waals surface area contributed by atoms with Crippen molar-refractivity contribution in [2.24, 2.45) is 0 Å². The Hall–Kier alpha value is -7.06. The Morgan fingerprint density at radius 2 is 1.47 bits per heavy atom. The van der Waals surface area contributed by atoms with E-state index in [2.05, 4.69) is 55.0 Å². The van der Waals surface area contributed by atoms with Crippen molar-refractivity contribution in [3.05, 3.63) is 94.0 Å². The molecule has 62 heavy (non-hydrogen) atoms. The second-order valence-electron chi connectivity index (χ2n) is 14.6. The molecule has 320 valence electrons. The lowest BCUT2D eigenvalue weighted by Gasteiger charge is -2.35. The molecule has 2 fully saturated rings. The fraction of sp³-hybridized carbons (Fsp3) is 0.268. The third-order valence-corrected chi connectivity index (χ3v) is 10.8. The number of ether oxygens (including phenoxy) is 1. The Kier molecular flexibility index (Phi) is 12.3. The predicted molar refractivity (Wildman–Crippen MR) is 239 cm³/mol. The Morgan fingerprint density at radius 1 is 0.790 bits per heavy atom. The van der Waals surface area contributed by atoms with Crippen LogP contribution in [0, 0.1) is 17.5 Å². The number of benzene rings is 3. The molecule has 2 aliphatic heterocycles. The van der Waals surface area contributed by atoms with Crippen LogP contribution in [0.15, 0.2) is 72.8 Å². The summed E-state index contributed by atoms with van der Waals surface area (Å²) in [5, 5.41) is 3.60. The first kappa shape index (κ1) is 41.7. The molecule has 4 aromatic heterocycles. The third-order valence-electron chi connectivity index (χ3n) is 10.3. The lowest BCUT2D eigenvalue weighted by atomic mass is 10.2. The van der Waals surface area contributed by atoms with Gasteiger partial charge in [-0.3, -0.25) is 4.79 Å². The molecular weight excluding hydrogens is 837 g/mol. The van der Waals surface area contributed by atoms with Gasteiger partial charge >= 0.3 is 6.03 Å². The van der Waals surface area contributed by atoms with Gasteiger partial charge in [0, 0.05) is 68.6 Å². The van der Waals surface area contributed by atoms with Crippen LogP contribution in [0.25, 0.3) is 33.7 Å². The molecule has 21 heteroatoms. The zero-order valence-corrected chi connectivity index (χ0v) is 35.1. The number of imidazole rings is 2. The molecule has 3 amide bonds. The minimum Gasteiger partial charge on any atom is -0.484 e. The van der Waals surface area contributed by atoms with Crippen molar-refractivity contribution in [3.63, 3.8) is 0 Å². The van der Waals surface area contributed by atoms with E-state index in [1.165, 1.54) is 12.1 Å². The number of rotatable bonds is 7. The van der Waals surface area contributed by atoms with E-state index in [0.717, 1.165) is 23.2 Å². The standard InChI is InChI=1S/C24H25FN8O.C17H18ClN7O2S/c1-15-4-2-5-18(14-15)27-24(34)33-11-3-10-32(12-13-33)22-19-21(30-23(26)31-22)29-20(28-19)16-6-8-17(25)9-7-16;18-10-1-3-11(4-2-10)27-9-12(26)24-5-7-25(8-6-24)15-13-14(21-16(19)23-15)22-17(28)20-13/h2,4-9,14H,3,10-13H2,1H3,(H,27,34)(H3,26,28,29,30,31);1-4H,5-9H2,(H4,19,20,21,22,23,28). The van der Waals surface area contributed by atoms with Crippen LogP contribution in [-0.2, 0) is 4.79 Å². The van der Waals surface area contributed by atoms with E-state index < -0.39 is 0 Å². The van der Waals surface area contributed by atoms with Gasteiger partial charge in [-0.1, -0.05) is 23.7 Å². The number of amides is 3. The summed E-state index contributed by atoms with van der Waals surface area (Å²) >= 11 is 11.0. The molecule has 2 aliphatic rings. The number of carbonyl (C=O) groups is 2. The number of piperazine rings is 1. The number of H-pyrrole nitrogens is 3. The highest BCUT2D eigenvalue weighted by molar-refractivity contribution is 7.71. The van der Waals surface area contributed by atoms with E-state index in [4.69, 9.17) is 40.0 Å². The number of aryl methyl sites for hydroxylation is 1. The van der Waals surface area contributed by atoms with Crippen LogP contribution < -0.4 is 31.3 Å². The molecule has 18 nitrogen and oxygen atoms in total. The molecule has 6 heterocycles. The van der Waals surface area contributed by atoms with Crippen LogP contribution >= 0.6 is 23.8 Å². The highest BCUT2D eigenvalue weighted by Gasteiger charge is 2.26. The number of nitrogens with two attached hydrogens (primary N) is 2. The molecule has 0 bridgehead atoms. The SMILES string of the molecule is Cc1cccc(NC(=O)N2CCCN(c3nc(N)nc4nc(-c5ccc(F)cc5)[nH]c34)CC2)c1.Nc1nc(N2CCN(C(=O)COc3ccc(Cl)cc3)CC2)c2[nH]c(=S)[nH]c2n1. The summed E-state index contributed by atoms with van der Waals surface area (Å²) in [4.78, 5) is 64.1. The van der Waals surface area contributed by atoms with Crippen LogP contribution in [0.5, 0.6) is 5.75 Å². The zero-order chi connectivity index (χ0) is 43.3. The Morgan fingerprint density at radius 3 is 2.19 bits per heavy atom. The lowest BCUT2D eigenvalue weighted by molar-refractivity contribution is -0.133. The normalized spacial score (nSPS) is 14.4. The van der Waals surface area contributed by atoms with Gasteiger partial charge in [-0.2, -0.15) is 19.9 Å². The number of hydrogen-bond acceptors (Lipinski definition) is 13. The smallest absolute Gasteiger partial charge is 0.321 e. The number of hydrogen-bond donors (Lipinski definition) is 6. The number of nitrogens with zero attached hydrogens (tertiary/aromatic N) is 9. The number of aromatic amines is 3. The molecule has 0 saturated carbocycles. The summed E-state index contributed by atoms with van der Waals surface area (Å²) in [5.41, 5.74) is 16.8. The van der Waals surface area contributed by atoms with Crippen molar-refractivity contribution in [2.75, 3.05) is 85.5 Å². The van der Waals surface area contributed by atoms with Crippen LogP contribution in [-0.4, -0.2) is 121 Å². The molecule has 0 aliphatic carbocycles. The van der Waals surface area contributed by atoms with Crippen molar-refractivity contribution in [3.8, 4) is 17.1 Å². The largest absolute Gasteiger partial charge is 0.484 e. The minimum absolute atomic E-state index is 0.0166. The molecule has 0 unspecified atom stereocenters. The van der Waals surface area contributed by atoms with Crippen molar-refractivity contribution in [1.82, 2.24) is 49.7 Å². The van der Waals surface area contributed by atoms with Crippen molar-refractivity contribution in [2.45, 2.75) is 13.3 Å². The van der Waals surface area contributed by atoms with Crippen molar-refractivity contribution in [1.29, 1.82) is 0 Å². The second kappa shape index (κ2) is 18.3. The van der Waals surface area contributed by atoms with Gasteiger partial charge in [0.1, 0.15) is 28.4 Å². The van der Waals surface area contributed by atoms with Gasteiger partial charge in [-0.15, -0.1) is 0 Å². The first-order valence-electron chi connectivity index (χ1n) is 19.8. The number of anilines is 5. The summed E-state index contributed by atoms with van der Waals surface area (Å²) in [5.74, 6) is 2.40. The lowest BCUT2D eigenvalue weighted by Crippen LogP contribution is -2.50. The van der Waals surface area contributed by atoms with Gasteiger partial charge in [-0.25, -0.2) is 14.2 Å². The van der Waals surface area contributed by atoms with E-state index in [-0.39, 0.29) is 36.3 Å². The summed E-state index contributed by atoms with van der Waals surface area (Å²) in [6.45, 7) is 6.75. The topological polar surface area (TPSA) is 232 Å². The molecule has 8 N–H and O–H groups in total. The number of carbonyl (C=O) groups excluding carboxylic acids is 2. The average molecular weight is 880 g/mol. The molecular formula is C41H43ClFN15O3S. The maximum Gasteiger partial charge on any atom is 0.321 e. The van der Waals surface area contributed by atoms with Gasteiger partial charge in [0.2, 0.25) is 11.9 Å². The number of nitrogens with one attached hydrogen (secondary N) is 4. The van der Waals surface area contributed by atoms with Crippen LogP contribution in [0.2, 0.25) is 5.02 Å². The summed E-state index contributed by atoms with van der Waals surface area (Å²) in [7, 11) is 0. The number of aromatic nitrogens is 8. The molecule has 0 radical (unpaired) electrons. The van der Waals surface area contributed by atoms with E-state index in [1.54, 1.807) is 46.2 Å². The summed E-state index contributed by atoms with van der Waals surface area (Å²) in [6, 6.07) is 20.6. The average Bonchev–Trinajstić information content (AvgIpc) is 3.76. The Balaban J connectivity index is 0.000000174. The maximum absolute atomic E-state index is 13.3. The van der Waals surface area contributed by atoms with Crippen LogP contribution in [0.1, 0.15) is 12.0 Å². The Bertz CT molecular complexity index is 2770. The fourth-order valence-corrected chi connectivity index (χ4v) is 7.54. The molecule has 0 spiro atoms. The number of nitrogen functional groups attached to an aromatic ring is 2. The molecule has 7 aromatic rings. The highest BCUT2D eigenvalue weighted by atomic mass is 35.5. The van der Waals surface area contributed by atoms with E-state index >= 15 is 0 Å². The number of urea groups is 1.